The molecule has 2 heterocycles. The topological polar surface area (TPSA) is 44.8 Å². The SMILES string of the molecule is CN1NC2=C(CCN(C(=O)OC(C)(C)C)CC2)C1c1ccc(Cl)cc1. The largest absolute Gasteiger partial charge is 0.444 e. The molecule has 2 aliphatic rings. The minimum atomic E-state index is -0.468. The van der Waals surface area contributed by atoms with Gasteiger partial charge < -0.3 is 15.1 Å². The molecule has 0 saturated carbocycles. The fraction of sp³-hybridized carbons (Fsp3) is 0.526. The van der Waals surface area contributed by atoms with Crippen LogP contribution in [0.4, 0.5) is 4.79 Å². The van der Waals surface area contributed by atoms with Crippen molar-refractivity contribution < 1.29 is 9.53 Å². The van der Waals surface area contributed by atoms with Gasteiger partial charge in [-0.25, -0.2) is 9.80 Å². The molecule has 1 aromatic rings. The quantitative estimate of drug-likeness (QED) is 0.815. The van der Waals surface area contributed by atoms with E-state index in [0.717, 1.165) is 17.9 Å². The molecule has 0 bridgehead atoms. The van der Waals surface area contributed by atoms with E-state index in [0.29, 0.717) is 13.1 Å². The smallest absolute Gasteiger partial charge is 0.410 e. The number of carbonyl (C=O) groups is 1. The maximum atomic E-state index is 12.4. The molecule has 136 valence electrons. The lowest BCUT2D eigenvalue weighted by atomic mass is 9.95. The van der Waals surface area contributed by atoms with E-state index >= 15 is 0 Å². The van der Waals surface area contributed by atoms with Gasteiger partial charge in [0.05, 0.1) is 6.04 Å². The Labute approximate surface area is 154 Å². The highest BCUT2D eigenvalue weighted by atomic mass is 35.5. The minimum Gasteiger partial charge on any atom is -0.444 e. The van der Waals surface area contributed by atoms with E-state index in [1.165, 1.54) is 16.8 Å². The molecule has 5 nitrogen and oxygen atoms in total. The Morgan fingerprint density at radius 2 is 1.84 bits per heavy atom. The summed E-state index contributed by atoms with van der Waals surface area (Å²) in [7, 11) is 2.06. The van der Waals surface area contributed by atoms with Crippen molar-refractivity contribution in [2.45, 2.75) is 45.3 Å². The molecule has 0 saturated heterocycles. The van der Waals surface area contributed by atoms with Gasteiger partial charge in [-0.1, -0.05) is 23.7 Å². The first-order chi connectivity index (χ1) is 11.7. The third-order valence-electron chi connectivity index (χ3n) is 4.54. The van der Waals surface area contributed by atoms with E-state index in [1.807, 2.05) is 37.8 Å². The molecule has 0 spiro atoms. The number of ether oxygens (including phenoxy) is 1. The summed E-state index contributed by atoms with van der Waals surface area (Å²) < 4.78 is 5.52. The molecule has 0 fully saturated rings. The van der Waals surface area contributed by atoms with Crippen LogP contribution in [0.3, 0.4) is 0 Å². The molecular formula is C19H26ClN3O2. The monoisotopic (exact) mass is 363 g/mol. The molecule has 1 aromatic carbocycles. The zero-order valence-corrected chi connectivity index (χ0v) is 16.1. The standard InChI is InChI=1S/C19H26ClN3O2/c1-19(2,3)25-18(24)23-11-9-15-16(10-12-23)21-22(4)17(15)13-5-7-14(20)8-6-13/h5-8,17,21H,9-12H2,1-4H3. The summed E-state index contributed by atoms with van der Waals surface area (Å²) in [6.07, 6.45) is 1.41. The van der Waals surface area contributed by atoms with Crippen LogP contribution < -0.4 is 5.43 Å². The van der Waals surface area contributed by atoms with E-state index < -0.39 is 5.60 Å². The van der Waals surface area contributed by atoms with Gasteiger partial charge in [0.2, 0.25) is 0 Å². The van der Waals surface area contributed by atoms with Gasteiger partial charge in [0.1, 0.15) is 5.60 Å². The summed E-state index contributed by atoms with van der Waals surface area (Å²) in [5.41, 5.74) is 6.76. The zero-order chi connectivity index (χ0) is 18.2. The van der Waals surface area contributed by atoms with Crippen molar-refractivity contribution in [3.8, 4) is 0 Å². The maximum absolute atomic E-state index is 12.4. The van der Waals surface area contributed by atoms with Crippen LogP contribution in [0.1, 0.15) is 45.2 Å². The van der Waals surface area contributed by atoms with Crippen LogP contribution in [0, 0.1) is 0 Å². The number of benzene rings is 1. The molecule has 1 unspecified atom stereocenters. The van der Waals surface area contributed by atoms with Crippen molar-refractivity contribution in [2.75, 3.05) is 20.1 Å². The Morgan fingerprint density at radius 1 is 1.20 bits per heavy atom. The average Bonchev–Trinajstić information content (AvgIpc) is 2.69. The second kappa shape index (κ2) is 6.89. The molecule has 2 aliphatic heterocycles. The summed E-state index contributed by atoms with van der Waals surface area (Å²) in [5.74, 6) is 0. The number of nitrogens with one attached hydrogen (secondary N) is 1. The summed E-state index contributed by atoms with van der Waals surface area (Å²) in [4.78, 5) is 14.2. The number of likely N-dealkylation sites (N-methyl/N-ethyl adjacent to an activating group) is 1. The van der Waals surface area contributed by atoms with Gasteiger partial charge in [-0.2, -0.15) is 0 Å². The van der Waals surface area contributed by atoms with E-state index in [1.54, 1.807) is 0 Å². The van der Waals surface area contributed by atoms with Gasteiger partial charge in [0.25, 0.3) is 0 Å². The molecule has 0 aliphatic carbocycles. The van der Waals surface area contributed by atoms with Crippen molar-refractivity contribution in [2.24, 2.45) is 0 Å². The molecule has 25 heavy (non-hydrogen) atoms. The third kappa shape index (κ3) is 4.10. The molecule has 1 N–H and O–H groups in total. The normalized spacial score (nSPS) is 21.6. The van der Waals surface area contributed by atoms with Crippen LogP contribution >= 0.6 is 11.6 Å². The van der Waals surface area contributed by atoms with Gasteiger partial charge in [-0.3, -0.25) is 0 Å². The highest BCUT2D eigenvalue weighted by molar-refractivity contribution is 6.30. The Hall–Kier alpha value is -1.72. The number of carbonyl (C=O) groups excluding carboxylic acids is 1. The Balaban J connectivity index is 1.74. The fourth-order valence-corrected chi connectivity index (χ4v) is 3.57. The lowest BCUT2D eigenvalue weighted by molar-refractivity contribution is 0.0254. The summed E-state index contributed by atoms with van der Waals surface area (Å²) in [6, 6.07) is 8.15. The first kappa shape index (κ1) is 18.1. The first-order valence-corrected chi connectivity index (χ1v) is 9.07. The minimum absolute atomic E-state index is 0.172. The Bertz CT molecular complexity index is 679. The van der Waals surface area contributed by atoms with Crippen LogP contribution in [0.2, 0.25) is 5.02 Å². The van der Waals surface area contributed by atoms with Crippen LogP contribution in [0.5, 0.6) is 0 Å². The number of rotatable bonds is 1. The van der Waals surface area contributed by atoms with E-state index in [-0.39, 0.29) is 12.1 Å². The predicted molar refractivity (Wildman–Crippen MR) is 99.2 cm³/mol. The van der Waals surface area contributed by atoms with Gasteiger partial charge in [-0.15, -0.1) is 0 Å². The number of hydrogen-bond donors (Lipinski definition) is 1. The number of hydrogen-bond acceptors (Lipinski definition) is 4. The number of amides is 1. The van der Waals surface area contributed by atoms with Crippen LogP contribution in [-0.4, -0.2) is 41.7 Å². The van der Waals surface area contributed by atoms with Gasteiger partial charge in [0.15, 0.2) is 0 Å². The van der Waals surface area contributed by atoms with Gasteiger partial charge in [-0.05, 0) is 50.5 Å². The van der Waals surface area contributed by atoms with E-state index in [9.17, 15) is 4.79 Å². The third-order valence-corrected chi connectivity index (χ3v) is 4.79. The predicted octanol–water partition coefficient (Wildman–Crippen LogP) is 4.12. The molecule has 1 atom stereocenters. The van der Waals surface area contributed by atoms with Crippen molar-refractivity contribution in [3.05, 3.63) is 46.1 Å². The van der Waals surface area contributed by atoms with Crippen molar-refractivity contribution >= 4 is 17.7 Å². The fourth-order valence-electron chi connectivity index (χ4n) is 3.44. The van der Waals surface area contributed by atoms with E-state index in [2.05, 4.69) is 29.6 Å². The molecule has 0 aromatic heterocycles. The number of hydrazine groups is 1. The lowest BCUT2D eigenvalue weighted by Crippen LogP contribution is -2.39. The Kier molecular flexibility index (Phi) is 4.98. The Morgan fingerprint density at radius 3 is 2.48 bits per heavy atom. The molecule has 6 heteroatoms. The molecule has 3 rings (SSSR count). The lowest BCUT2D eigenvalue weighted by Gasteiger charge is -2.28. The average molecular weight is 364 g/mol. The van der Waals surface area contributed by atoms with Crippen molar-refractivity contribution in [1.29, 1.82) is 0 Å². The number of nitrogens with zero attached hydrogens (tertiary/aromatic N) is 2. The second-order valence-corrected chi connectivity index (χ2v) is 8.08. The molecular weight excluding hydrogens is 338 g/mol. The maximum Gasteiger partial charge on any atom is 0.410 e. The highest BCUT2D eigenvalue weighted by Gasteiger charge is 2.34. The van der Waals surface area contributed by atoms with Crippen LogP contribution in [0.15, 0.2) is 35.5 Å². The summed E-state index contributed by atoms with van der Waals surface area (Å²) in [6.45, 7) is 7.03. The molecule has 1 amide bonds. The van der Waals surface area contributed by atoms with Crippen LogP contribution in [0.25, 0.3) is 0 Å². The first-order valence-electron chi connectivity index (χ1n) is 8.69. The molecule has 0 radical (unpaired) electrons. The van der Waals surface area contributed by atoms with Crippen molar-refractivity contribution in [1.82, 2.24) is 15.3 Å². The van der Waals surface area contributed by atoms with Crippen molar-refractivity contribution in [3.63, 3.8) is 0 Å². The second-order valence-electron chi connectivity index (χ2n) is 7.65. The summed E-state index contributed by atoms with van der Waals surface area (Å²) in [5, 5.41) is 2.88. The van der Waals surface area contributed by atoms with Crippen LogP contribution in [-0.2, 0) is 4.74 Å². The highest BCUT2D eigenvalue weighted by Crippen LogP contribution is 2.38. The van der Waals surface area contributed by atoms with E-state index in [4.69, 9.17) is 16.3 Å². The number of halogens is 1. The van der Waals surface area contributed by atoms with Gasteiger partial charge >= 0.3 is 6.09 Å². The summed E-state index contributed by atoms with van der Waals surface area (Å²) >= 11 is 6.03. The van der Waals surface area contributed by atoms with Gasteiger partial charge in [0, 0.05) is 37.3 Å². The zero-order valence-electron chi connectivity index (χ0n) is 15.3.